The van der Waals surface area contributed by atoms with Crippen LogP contribution in [0.5, 0.6) is 5.75 Å². The second-order valence-corrected chi connectivity index (χ2v) is 7.79. The lowest BCUT2D eigenvalue weighted by Gasteiger charge is -2.17. The van der Waals surface area contributed by atoms with Crippen LogP contribution in [0.4, 0.5) is 0 Å². The van der Waals surface area contributed by atoms with Crippen molar-refractivity contribution in [3.8, 4) is 5.75 Å². The summed E-state index contributed by atoms with van der Waals surface area (Å²) in [5.74, 6) is -0.326. The van der Waals surface area contributed by atoms with Crippen LogP contribution in [0, 0.1) is 0 Å². The van der Waals surface area contributed by atoms with Crippen molar-refractivity contribution in [1.82, 2.24) is 0 Å². The molecule has 1 rings (SSSR count). The van der Waals surface area contributed by atoms with Crippen LogP contribution in [0.15, 0.2) is 24.3 Å². The van der Waals surface area contributed by atoms with Crippen molar-refractivity contribution in [2.75, 3.05) is 0 Å². The van der Waals surface area contributed by atoms with Crippen molar-refractivity contribution in [2.24, 2.45) is 5.73 Å². The molecular formula is C11H13Br2NO3. The molecule has 0 spiro atoms. The first-order valence-electron chi connectivity index (χ1n) is 4.92. The Kier molecular flexibility index (Phi) is 4.97. The largest absolute Gasteiger partial charge is 0.480 e. The van der Waals surface area contributed by atoms with Gasteiger partial charge in [0.25, 0.3) is 0 Å². The van der Waals surface area contributed by atoms with Gasteiger partial charge in [-0.15, -0.1) is 0 Å². The normalized spacial score (nSPS) is 13.2. The maximum absolute atomic E-state index is 10.6. The molecule has 4 nitrogen and oxygen atoms in total. The average Bonchev–Trinajstić information content (AvgIpc) is 2.18. The number of hydrogen-bond donors (Lipinski definition) is 2. The van der Waals surface area contributed by atoms with E-state index in [4.69, 9.17) is 15.6 Å². The fraction of sp³-hybridized carbons (Fsp3) is 0.364. The van der Waals surface area contributed by atoms with Gasteiger partial charge in [-0.05, 0) is 62.9 Å². The first-order chi connectivity index (χ1) is 7.78. The van der Waals surface area contributed by atoms with Gasteiger partial charge in [0.05, 0.1) is 0 Å². The zero-order valence-electron chi connectivity index (χ0n) is 9.19. The number of halogens is 2. The number of hydrogen-bond acceptors (Lipinski definition) is 3. The van der Waals surface area contributed by atoms with E-state index in [-0.39, 0.29) is 0 Å². The fourth-order valence-corrected chi connectivity index (χ4v) is 1.62. The van der Waals surface area contributed by atoms with Gasteiger partial charge in [-0.3, -0.25) is 4.79 Å². The third-order valence-electron chi connectivity index (χ3n) is 1.99. The molecule has 0 aliphatic rings. The minimum Gasteiger partial charge on any atom is -0.480 e. The highest BCUT2D eigenvalue weighted by Crippen LogP contribution is 2.29. The standard InChI is InChI=1S/C11H13Br2NO3/c1-11(12,13)17-8-4-2-7(3-5-8)6-9(14)10(15)16/h2-5,9H,6,14H2,1H3,(H,15,16). The quantitative estimate of drug-likeness (QED) is 0.785. The van der Waals surface area contributed by atoms with Crippen molar-refractivity contribution in [2.45, 2.75) is 22.8 Å². The van der Waals surface area contributed by atoms with Crippen LogP contribution in [0.3, 0.4) is 0 Å². The molecule has 0 aliphatic heterocycles. The number of carboxylic acids is 1. The third-order valence-corrected chi connectivity index (χ3v) is 2.32. The molecule has 17 heavy (non-hydrogen) atoms. The minimum atomic E-state index is -1.00. The van der Waals surface area contributed by atoms with Crippen LogP contribution in [-0.2, 0) is 11.2 Å². The molecule has 0 heterocycles. The summed E-state index contributed by atoms with van der Waals surface area (Å²) in [6, 6.07) is 6.25. The van der Waals surface area contributed by atoms with E-state index >= 15 is 0 Å². The van der Waals surface area contributed by atoms with Crippen molar-refractivity contribution < 1.29 is 14.6 Å². The van der Waals surface area contributed by atoms with Gasteiger partial charge in [-0.1, -0.05) is 12.1 Å². The molecule has 1 aromatic carbocycles. The first-order valence-corrected chi connectivity index (χ1v) is 6.51. The average molecular weight is 367 g/mol. The van der Waals surface area contributed by atoms with E-state index in [1.54, 1.807) is 31.2 Å². The summed E-state index contributed by atoms with van der Waals surface area (Å²) in [7, 11) is 0. The molecule has 1 unspecified atom stereocenters. The number of nitrogens with two attached hydrogens (primary N) is 1. The Labute approximate surface area is 116 Å². The lowest BCUT2D eigenvalue weighted by atomic mass is 10.1. The molecule has 0 radical (unpaired) electrons. The minimum absolute atomic E-state index is 0.301. The van der Waals surface area contributed by atoms with E-state index < -0.39 is 15.4 Å². The highest BCUT2D eigenvalue weighted by Gasteiger charge is 2.17. The Bertz CT molecular complexity index is 387. The molecular weight excluding hydrogens is 354 g/mol. The van der Waals surface area contributed by atoms with E-state index in [0.717, 1.165) is 5.56 Å². The van der Waals surface area contributed by atoms with Gasteiger partial charge in [-0.2, -0.15) is 0 Å². The third kappa shape index (κ3) is 5.52. The van der Waals surface area contributed by atoms with Gasteiger partial charge >= 0.3 is 5.97 Å². The lowest BCUT2D eigenvalue weighted by Crippen LogP contribution is -2.32. The van der Waals surface area contributed by atoms with Crippen LogP contribution in [0.1, 0.15) is 12.5 Å². The Balaban J connectivity index is 2.65. The monoisotopic (exact) mass is 365 g/mol. The smallest absolute Gasteiger partial charge is 0.320 e. The summed E-state index contributed by atoms with van der Waals surface area (Å²) in [5.41, 5.74) is 6.30. The van der Waals surface area contributed by atoms with E-state index in [1.165, 1.54) is 0 Å². The number of rotatable bonds is 5. The van der Waals surface area contributed by atoms with E-state index in [1.807, 2.05) is 0 Å². The van der Waals surface area contributed by atoms with Crippen LogP contribution < -0.4 is 10.5 Å². The SMILES string of the molecule is CC(Br)(Br)Oc1ccc(CC(N)C(=O)O)cc1. The number of carbonyl (C=O) groups is 1. The summed E-state index contributed by atoms with van der Waals surface area (Å²) >= 11 is 6.58. The van der Waals surface area contributed by atoms with Crippen LogP contribution in [0.2, 0.25) is 0 Å². The van der Waals surface area contributed by atoms with Gasteiger partial charge < -0.3 is 15.6 Å². The lowest BCUT2D eigenvalue weighted by molar-refractivity contribution is -0.138. The molecule has 0 amide bonds. The van der Waals surface area contributed by atoms with Crippen molar-refractivity contribution in [3.05, 3.63) is 29.8 Å². The predicted octanol–water partition coefficient (Wildman–Crippen LogP) is 2.48. The van der Waals surface area contributed by atoms with Crippen LogP contribution in [-0.4, -0.2) is 20.5 Å². The zero-order chi connectivity index (χ0) is 13.1. The zero-order valence-corrected chi connectivity index (χ0v) is 12.4. The van der Waals surface area contributed by atoms with Crippen LogP contribution in [0.25, 0.3) is 0 Å². The number of benzene rings is 1. The summed E-state index contributed by atoms with van der Waals surface area (Å²) in [6.07, 6.45) is 0.301. The van der Waals surface area contributed by atoms with Crippen LogP contribution >= 0.6 is 31.9 Å². The molecule has 0 bridgehead atoms. The van der Waals surface area contributed by atoms with Gasteiger partial charge in [0, 0.05) is 0 Å². The van der Waals surface area contributed by atoms with Gasteiger partial charge in [0.15, 0.2) is 0 Å². The highest BCUT2D eigenvalue weighted by molar-refractivity contribution is 9.25. The maximum atomic E-state index is 10.6. The Morgan fingerprint density at radius 3 is 2.41 bits per heavy atom. The van der Waals surface area contributed by atoms with Gasteiger partial charge in [0.1, 0.15) is 11.8 Å². The molecule has 3 N–H and O–H groups in total. The molecule has 6 heteroatoms. The number of ether oxygens (including phenoxy) is 1. The maximum Gasteiger partial charge on any atom is 0.320 e. The molecule has 0 fully saturated rings. The fourth-order valence-electron chi connectivity index (χ4n) is 1.24. The van der Waals surface area contributed by atoms with Gasteiger partial charge in [0.2, 0.25) is 3.42 Å². The second kappa shape index (κ2) is 5.84. The van der Waals surface area contributed by atoms with Gasteiger partial charge in [-0.25, -0.2) is 0 Å². The van der Waals surface area contributed by atoms with Crippen molar-refractivity contribution in [1.29, 1.82) is 0 Å². The Morgan fingerprint density at radius 1 is 1.47 bits per heavy atom. The topological polar surface area (TPSA) is 72.5 Å². The molecule has 0 aliphatic carbocycles. The Morgan fingerprint density at radius 2 is 2.00 bits per heavy atom. The van der Waals surface area contributed by atoms with E-state index in [0.29, 0.717) is 12.2 Å². The summed E-state index contributed by atoms with van der Waals surface area (Å²) in [6.45, 7) is 1.81. The first kappa shape index (κ1) is 14.5. The second-order valence-electron chi connectivity index (χ2n) is 3.70. The molecule has 1 aromatic rings. The molecule has 0 aromatic heterocycles. The summed E-state index contributed by atoms with van der Waals surface area (Å²) in [4.78, 5) is 10.6. The van der Waals surface area contributed by atoms with Crippen molar-refractivity contribution >= 4 is 37.8 Å². The number of carboxylic acid groups (broad SMARTS) is 1. The van der Waals surface area contributed by atoms with E-state index in [9.17, 15) is 4.79 Å². The molecule has 1 atom stereocenters. The Hall–Kier alpha value is -0.590. The summed E-state index contributed by atoms with van der Waals surface area (Å²) < 4.78 is 4.88. The predicted molar refractivity (Wildman–Crippen MR) is 72.6 cm³/mol. The molecule has 0 saturated carbocycles. The van der Waals surface area contributed by atoms with Crippen molar-refractivity contribution in [3.63, 3.8) is 0 Å². The highest BCUT2D eigenvalue weighted by atomic mass is 79.9. The number of aliphatic carboxylic acids is 1. The van der Waals surface area contributed by atoms with E-state index in [2.05, 4.69) is 31.9 Å². The summed E-state index contributed by atoms with van der Waals surface area (Å²) in [5, 5.41) is 8.69. The number of alkyl halides is 2. The molecule has 94 valence electrons. The molecule has 0 saturated heterocycles.